The second-order valence-corrected chi connectivity index (χ2v) is 5.46. The summed E-state index contributed by atoms with van der Waals surface area (Å²) in [6.07, 6.45) is -1.49. The van der Waals surface area contributed by atoms with Crippen LogP contribution in [0.1, 0.15) is 32.5 Å². The summed E-state index contributed by atoms with van der Waals surface area (Å²) in [5.41, 5.74) is -1.10. The molecule has 1 rings (SSSR count). The number of carbonyl (C=O) groups excluding carboxylic acids is 2. The van der Waals surface area contributed by atoms with Crippen molar-refractivity contribution in [3.63, 3.8) is 0 Å². The molecule has 0 bridgehead atoms. The van der Waals surface area contributed by atoms with Gasteiger partial charge in [-0.3, -0.25) is 4.98 Å². The number of ether oxygens (including phenoxy) is 2. The predicted molar refractivity (Wildman–Crippen MR) is 74.3 cm³/mol. The average Bonchev–Trinajstić information content (AvgIpc) is 2.42. The quantitative estimate of drug-likeness (QED) is 0.813. The Balaban J connectivity index is 3.05. The van der Waals surface area contributed by atoms with Crippen molar-refractivity contribution in [2.24, 2.45) is 0 Å². The zero-order valence-corrected chi connectivity index (χ0v) is 12.8. The number of carbonyl (C=O) groups is 2. The zero-order chi connectivity index (χ0) is 16.9. The van der Waals surface area contributed by atoms with Gasteiger partial charge in [0.25, 0.3) is 0 Å². The van der Waals surface area contributed by atoms with Gasteiger partial charge in [0.05, 0.1) is 7.11 Å². The molecule has 1 heterocycles. The largest absolute Gasteiger partial charge is 0.467 e. The zero-order valence-electron chi connectivity index (χ0n) is 12.8. The van der Waals surface area contributed by atoms with Gasteiger partial charge in [-0.2, -0.15) is 0 Å². The van der Waals surface area contributed by atoms with Gasteiger partial charge >= 0.3 is 12.1 Å². The summed E-state index contributed by atoms with van der Waals surface area (Å²) in [6.45, 7) is 4.92. The van der Waals surface area contributed by atoms with Gasteiger partial charge in [0.15, 0.2) is 6.10 Å². The number of halogens is 1. The third-order valence-electron chi connectivity index (χ3n) is 2.51. The Morgan fingerprint density at radius 2 is 2.05 bits per heavy atom. The number of pyridine rings is 1. The molecule has 122 valence electrons. The first-order chi connectivity index (χ1) is 10.2. The van der Waals surface area contributed by atoms with Gasteiger partial charge in [0.2, 0.25) is 0 Å². The summed E-state index contributed by atoms with van der Waals surface area (Å²) in [5.74, 6) is -1.82. The molecule has 1 aromatic rings. The molecule has 7 nitrogen and oxygen atoms in total. The summed E-state index contributed by atoms with van der Waals surface area (Å²) in [5, 5.41) is 12.2. The van der Waals surface area contributed by atoms with Gasteiger partial charge in [0, 0.05) is 6.20 Å². The Bertz CT molecular complexity index is 544. The van der Waals surface area contributed by atoms with Crippen LogP contribution in [0, 0.1) is 5.82 Å². The first kappa shape index (κ1) is 17.8. The predicted octanol–water partition coefficient (Wildman–Crippen LogP) is 1.32. The number of aromatic nitrogens is 1. The van der Waals surface area contributed by atoms with Crippen LogP contribution in [-0.2, 0) is 14.3 Å². The standard InChI is InChI=1S/C14H19FN2O5/c1-14(2,3)22-13(20)17-10(11(18)12(19)21-4)9-8(15)6-5-7-16-9/h5-7,10-11,18H,1-4H3,(H,17,20)/t10-,11+/m0/s1. The SMILES string of the molecule is COC(=O)[C@H](O)[C@@H](NC(=O)OC(C)(C)C)c1ncccc1F. The van der Waals surface area contributed by atoms with E-state index in [0.29, 0.717) is 0 Å². The van der Waals surface area contributed by atoms with E-state index >= 15 is 0 Å². The molecule has 0 fully saturated rings. The lowest BCUT2D eigenvalue weighted by molar-refractivity contribution is -0.152. The second-order valence-electron chi connectivity index (χ2n) is 5.46. The number of aliphatic hydroxyl groups excluding tert-OH is 1. The van der Waals surface area contributed by atoms with Crippen molar-refractivity contribution in [3.8, 4) is 0 Å². The van der Waals surface area contributed by atoms with Crippen LogP contribution in [0.5, 0.6) is 0 Å². The minimum absolute atomic E-state index is 0.300. The molecule has 0 aliphatic carbocycles. The summed E-state index contributed by atoms with van der Waals surface area (Å²) >= 11 is 0. The Kier molecular flexibility index (Phi) is 5.81. The molecule has 1 amide bonds. The minimum Gasteiger partial charge on any atom is -0.467 e. The molecule has 0 unspecified atom stereocenters. The number of hydrogen-bond acceptors (Lipinski definition) is 6. The smallest absolute Gasteiger partial charge is 0.408 e. The van der Waals surface area contributed by atoms with E-state index in [1.807, 2.05) is 0 Å². The lowest BCUT2D eigenvalue weighted by Gasteiger charge is -2.25. The fraction of sp³-hybridized carbons (Fsp3) is 0.500. The lowest BCUT2D eigenvalue weighted by Crippen LogP contribution is -2.43. The van der Waals surface area contributed by atoms with E-state index in [1.165, 1.54) is 12.3 Å². The van der Waals surface area contributed by atoms with E-state index in [9.17, 15) is 19.1 Å². The molecule has 0 aromatic carbocycles. The van der Waals surface area contributed by atoms with Crippen LogP contribution in [0.15, 0.2) is 18.3 Å². The molecule has 0 aliphatic rings. The number of alkyl carbamates (subject to hydrolysis) is 1. The van der Waals surface area contributed by atoms with E-state index in [4.69, 9.17) is 4.74 Å². The van der Waals surface area contributed by atoms with E-state index in [2.05, 4.69) is 15.0 Å². The van der Waals surface area contributed by atoms with Crippen molar-refractivity contribution in [1.82, 2.24) is 10.3 Å². The molecule has 0 spiro atoms. The van der Waals surface area contributed by atoms with Crippen LogP contribution in [0.25, 0.3) is 0 Å². The van der Waals surface area contributed by atoms with E-state index < -0.39 is 35.6 Å². The van der Waals surface area contributed by atoms with Crippen LogP contribution in [0.3, 0.4) is 0 Å². The molecule has 2 N–H and O–H groups in total. The van der Waals surface area contributed by atoms with Crippen molar-refractivity contribution in [1.29, 1.82) is 0 Å². The fourth-order valence-electron chi connectivity index (χ4n) is 1.61. The van der Waals surface area contributed by atoms with E-state index in [1.54, 1.807) is 20.8 Å². The highest BCUT2D eigenvalue weighted by atomic mass is 19.1. The van der Waals surface area contributed by atoms with Crippen molar-refractivity contribution < 1.29 is 28.6 Å². The number of nitrogens with one attached hydrogen (secondary N) is 1. The molecular formula is C14H19FN2O5. The molecule has 1 aromatic heterocycles. The van der Waals surface area contributed by atoms with Crippen LogP contribution in [0.4, 0.5) is 9.18 Å². The van der Waals surface area contributed by atoms with Gasteiger partial charge in [0.1, 0.15) is 23.2 Å². The highest BCUT2D eigenvalue weighted by Gasteiger charge is 2.34. The highest BCUT2D eigenvalue weighted by molar-refractivity contribution is 5.77. The maximum absolute atomic E-state index is 13.8. The molecule has 0 aliphatic heterocycles. The number of nitrogens with zero attached hydrogens (tertiary/aromatic N) is 1. The van der Waals surface area contributed by atoms with Crippen molar-refractivity contribution in [3.05, 3.63) is 29.8 Å². The van der Waals surface area contributed by atoms with Gasteiger partial charge in [-0.25, -0.2) is 14.0 Å². The van der Waals surface area contributed by atoms with Crippen molar-refractivity contribution in [2.75, 3.05) is 7.11 Å². The van der Waals surface area contributed by atoms with Gasteiger partial charge in [-0.1, -0.05) is 0 Å². The molecule has 8 heteroatoms. The van der Waals surface area contributed by atoms with Gasteiger partial charge in [-0.05, 0) is 32.9 Å². The van der Waals surface area contributed by atoms with Gasteiger partial charge in [-0.15, -0.1) is 0 Å². The first-order valence-corrected chi connectivity index (χ1v) is 6.51. The molecular weight excluding hydrogens is 295 g/mol. The Labute approximate surface area is 127 Å². The molecule has 0 saturated heterocycles. The van der Waals surface area contributed by atoms with Crippen LogP contribution < -0.4 is 5.32 Å². The minimum atomic E-state index is -1.83. The third kappa shape index (κ3) is 4.96. The molecule has 0 radical (unpaired) electrons. The first-order valence-electron chi connectivity index (χ1n) is 6.51. The number of rotatable bonds is 4. The fourth-order valence-corrected chi connectivity index (χ4v) is 1.61. The highest BCUT2D eigenvalue weighted by Crippen LogP contribution is 2.20. The topological polar surface area (TPSA) is 97.8 Å². The van der Waals surface area contributed by atoms with E-state index in [-0.39, 0.29) is 5.69 Å². The third-order valence-corrected chi connectivity index (χ3v) is 2.51. The second kappa shape index (κ2) is 7.17. The normalized spacial score (nSPS) is 13.9. The molecule has 2 atom stereocenters. The summed E-state index contributed by atoms with van der Waals surface area (Å²) < 4.78 is 23.3. The van der Waals surface area contributed by atoms with Gasteiger partial charge < -0.3 is 19.9 Å². The monoisotopic (exact) mass is 314 g/mol. The average molecular weight is 314 g/mol. The maximum atomic E-state index is 13.8. The summed E-state index contributed by atoms with van der Waals surface area (Å²) in [7, 11) is 1.06. The summed E-state index contributed by atoms with van der Waals surface area (Å²) in [6, 6.07) is 0.993. The number of aliphatic hydroxyl groups is 1. The van der Waals surface area contributed by atoms with Crippen LogP contribution in [0.2, 0.25) is 0 Å². The Hall–Kier alpha value is -2.22. The number of hydrogen-bond donors (Lipinski definition) is 2. The summed E-state index contributed by atoms with van der Waals surface area (Å²) in [4.78, 5) is 27.1. The van der Waals surface area contributed by atoms with Crippen molar-refractivity contribution >= 4 is 12.1 Å². The van der Waals surface area contributed by atoms with Crippen molar-refractivity contribution in [2.45, 2.75) is 38.5 Å². The lowest BCUT2D eigenvalue weighted by atomic mass is 10.1. The molecule has 22 heavy (non-hydrogen) atoms. The Morgan fingerprint density at radius 1 is 1.41 bits per heavy atom. The maximum Gasteiger partial charge on any atom is 0.408 e. The number of methoxy groups -OCH3 is 1. The van der Waals surface area contributed by atoms with E-state index in [0.717, 1.165) is 13.2 Å². The number of amides is 1. The van der Waals surface area contributed by atoms with Crippen LogP contribution >= 0.6 is 0 Å². The Morgan fingerprint density at radius 3 is 2.55 bits per heavy atom. The molecule has 0 saturated carbocycles. The number of esters is 1. The van der Waals surface area contributed by atoms with Crippen LogP contribution in [-0.4, -0.2) is 41.0 Å².